The van der Waals surface area contributed by atoms with Crippen molar-refractivity contribution < 1.29 is 19.8 Å². The van der Waals surface area contributed by atoms with Crippen LogP contribution in [0.4, 0.5) is 0 Å². The summed E-state index contributed by atoms with van der Waals surface area (Å²) in [5, 5.41) is 21.9. The number of piperidine rings is 1. The van der Waals surface area contributed by atoms with E-state index in [1.54, 1.807) is 4.90 Å². The van der Waals surface area contributed by atoms with Crippen molar-refractivity contribution in [3.8, 4) is 11.5 Å². The van der Waals surface area contributed by atoms with E-state index in [9.17, 15) is 19.8 Å². The van der Waals surface area contributed by atoms with Gasteiger partial charge in [-0.1, -0.05) is 13.8 Å². The van der Waals surface area contributed by atoms with Crippen LogP contribution in [0.1, 0.15) is 37.0 Å². The van der Waals surface area contributed by atoms with E-state index in [1.165, 1.54) is 18.2 Å². The van der Waals surface area contributed by atoms with Crippen LogP contribution in [-0.2, 0) is 4.79 Å². The maximum atomic E-state index is 12.4. The summed E-state index contributed by atoms with van der Waals surface area (Å²) in [7, 11) is 0. The van der Waals surface area contributed by atoms with Crippen LogP contribution < -0.4 is 5.32 Å². The number of phenols is 2. The standard InChI is InChI=1S/C16H22N2O4/c1-10(2)15(21)17-12-3-5-18(6-4-12)16(22)11-7-13(19)9-14(20)8-11/h7-10,12,19-20H,3-6H2,1-2H3,(H,17,21). The van der Waals surface area contributed by atoms with Crippen LogP contribution in [-0.4, -0.2) is 46.1 Å². The summed E-state index contributed by atoms with van der Waals surface area (Å²) in [4.78, 5) is 25.7. The number of likely N-dealkylation sites (tertiary alicyclic amines) is 1. The third-order valence-corrected chi connectivity index (χ3v) is 3.80. The van der Waals surface area contributed by atoms with Crippen LogP contribution in [0.3, 0.4) is 0 Å². The fourth-order valence-electron chi connectivity index (χ4n) is 2.50. The van der Waals surface area contributed by atoms with Crippen molar-refractivity contribution in [3.05, 3.63) is 23.8 Å². The molecule has 1 fully saturated rings. The van der Waals surface area contributed by atoms with Gasteiger partial charge >= 0.3 is 0 Å². The number of hydrogen-bond donors (Lipinski definition) is 3. The SMILES string of the molecule is CC(C)C(=O)NC1CCN(C(=O)c2cc(O)cc(O)c2)CC1. The van der Waals surface area contributed by atoms with Gasteiger partial charge < -0.3 is 20.4 Å². The van der Waals surface area contributed by atoms with Crippen LogP contribution in [0.5, 0.6) is 11.5 Å². The second-order valence-electron chi connectivity index (χ2n) is 5.97. The van der Waals surface area contributed by atoms with E-state index in [0.717, 1.165) is 0 Å². The zero-order valence-electron chi connectivity index (χ0n) is 12.9. The summed E-state index contributed by atoms with van der Waals surface area (Å²) in [6.07, 6.45) is 1.41. The molecule has 1 aromatic carbocycles. The van der Waals surface area contributed by atoms with Crippen LogP contribution in [0.2, 0.25) is 0 Å². The lowest BCUT2D eigenvalue weighted by Crippen LogP contribution is -2.47. The fraction of sp³-hybridized carbons (Fsp3) is 0.500. The molecule has 1 aliphatic rings. The Morgan fingerprint density at radius 2 is 1.68 bits per heavy atom. The molecule has 1 aromatic rings. The zero-order valence-corrected chi connectivity index (χ0v) is 12.9. The molecule has 3 N–H and O–H groups in total. The number of aromatic hydroxyl groups is 2. The third-order valence-electron chi connectivity index (χ3n) is 3.80. The summed E-state index contributed by atoms with van der Waals surface area (Å²) < 4.78 is 0. The highest BCUT2D eigenvalue weighted by Crippen LogP contribution is 2.22. The van der Waals surface area contributed by atoms with Gasteiger partial charge in [-0.2, -0.15) is 0 Å². The Labute approximate surface area is 129 Å². The first-order valence-electron chi connectivity index (χ1n) is 7.49. The molecule has 0 aliphatic carbocycles. The first kappa shape index (κ1) is 16.1. The Bertz CT molecular complexity index is 543. The molecule has 2 rings (SSSR count). The largest absolute Gasteiger partial charge is 0.508 e. The van der Waals surface area contributed by atoms with E-state index in [0.29, 0.717) is 25.9 Å². The molecule has 0 atom stereocenters. The Morgan fingerprint density at radius 3 is 2.18 bits per heavy atom. The molecule has 6 nitrogen and oxygen atoms in total. The molecule has 1 heterocycles. The molecule has 2 amide bonds. The smallest absolute Gasteiger partial charge is 0.254 e. The molecule has 6 heteroatoms. The topological polar surface area (TPSA) is 89.9 Å². The number of phenolic OH excluding ortho intramolecular Hbond substituents is 2. The molecule has 1 aliphatic heterocycles. The van der Waals surface area contributed by atoms with Gasteiger partial charge in [0.15, 0.2) is 0 Å². The van der Waals surface area contributed by atoms with E-state index >= 15 is 0 Å². The van der Waals surface area contributed by atoms with Gasteiger partial charge in [-0.05, 0) is 25.0 Å². The highest BCUT2D eigenvalue weighted by molar-refractivity contribution is 5.95. The first-order valence-corrected chi connectivity index (χ1v) is 7.49. The third kappa shape index (κ3) is 3.90. The van der Waals surface area contributed by atoms with E-state index < -0.39 is 0 Å². The van der Waals surface area contributed by atoms with Crippen molar-refractivity contribution in [3.63, 3.8) is 0 Å². The zero-order chi connectivity index (χ0) is 16.3. The second-order valence-corrected chi connectivity index (χ2v) is 5.97. The van der Waals surface area contributed by atoms with Crippen LogP contribution in [0.15, 0.2) is 18.2 Å². The van der Waals surface area contributed by atoms with Crippen molar-refractivity contribution >= 4 is 11.8 Å². The fourth-order valence-corrected chi connectivity index (χ4v) is 2.50. The molecule has 0 saturated carbocycles. The molecule has 0 unspecified atom stereocenters. The maximum Gasteiger partial charge on any atom is 0.254 e. The van der Waals surface area contributed by atoms with Crippen molar-refractivity contribution in [2.45, 2.75) is 32.7 Å². The lowest BCUT2D eigenvalue weighted by Gasteiger charge is -2.32. The number of benzene rings is 1. The van der Waals surface area contributed by atoms with E-state index in [1.807, 2.05) is 13.8 Å². The molecule has 0 radical (unpaired) electrons. The Balaban J connectivity index is 1.93. The van der Waals surface area contributed by atoms with Crippen molar-refractivity contribution in [1.82, 2.24) is 10.2 Å². The van der Waals surface area contributed by atoms with E-state index in [4.69, 9.17) is 0 Å². The molecule has 0 spiro atoms. The quantitative estimate of drug-likeness (QED) is 0.789. The minimum absolute atomic E-state index is 0.0303. The summed E-state index contributed by atoms with van der Waals surface area (Å²) in [5.74, 6) is -0.512. The summed E-state index contributed by atoms with van der Waals surface area (Å²) in [6.45, 7) is 4.78. The van der Waals surface area contributed by atoms with Gasteiger partial charge in [-0.15, -0.1) is 0 Å². The van der Waals surface area contributed by atoms with Crippen LogP contribution in [0.25, 0.3) is 0 Å². The van der Waals surface area contributed by atoms with Crippen molar-refractivity contribution in [1.29, 1.82) is 0 Å². The van der Waals surface area contributed by atoms with E-state index in [-0.39, 0.29) is 40.8 Å². The van der Waals surface area contributed by atoms with Gasteiger partial charge in [-0.3, -0.25) is 9.59 Å². The van der Waals surface area contributed by atoms with Crippen molar-refractivity contribution in [2.75, 3.05) is 13.1 Å². The second kappa shape index (κ2) is 6.68. The molecule has 0 bridgehead atoms. The van der Waals surface area contributed by atoms with Gasteiger partial charge in [0.05, 0.1) is 0 Å². The van der Waals surface area contributed by atoms with E-state index in [2.05, 4.69) is 5.32 Å². The molecular weight excluding hydrogens is 284 g/mol. The predicted octanol–water partition coefficient (Wildman–Crippen LogP) is 1.47. The van der Waals surface area contributed by atoms with Crippen LogP contribution >= 0.6 is 0 Å². The molecule has 120 valence electrons. The summed E-state index contributed by atoms with van der Waals surface area (Å²) in [5.41, 5.74) is 0.266. The molecular formula is C16H22N2O4. The lowest BCUT2D eigenvalue weighted by atomic mass is 10.0. The normalized spacial score (nSPS) is 15.9. The van der Waals surface area contributed by atoms with Crippen molar-refractivity contribution in [2.24, 2.45) is 5.92 Å². The first-order chi connectivity index (χ1) is 10.4. The number of nitrogens with zero attached hydrogens (tertiary/aromatic N) is 1. The van der Waals surface area contributed by atoms with Gasteiger partial charge in [0.1, 0.15) is 11.5 Å². The number of rotatable bonds is 3. The van der Waals surface area contributed by atoms with Crippen LogP contribution in [0, 0.1) is 5.92 Å². The lowest BCUT2D eigenvalue weighted by molar-refractivity contribution is -0.124. The molecule has 1 saturated heterocycles. The summed E-state index contributed by atoms with van der Waals surface area (Å²) in [6, 6.07) is 3.96. The number of hydrogen-bond acceptors (Lipinski definition) is 4. The highest BCUT2D eigenvalue weighted by Gasteiger charge is 2.25. The average Bonchev–Trinajstić information content (AvgIpc) is 2.46. The number of nitrogens with one attached hydrogen (secondary N) is 1. The number of carbonyl (C=O) groups excluding carboxylic acids is 2. The Morgan fingerprint density at radius 1 is 1.14 bits per heavy atom. The Hall–Kier alpha value is -2.24. The van der Waals surface area contributed by atoms with Gasteiger partial charge in [0.25, 0.3) is 5.91 Å². The minimum Gasteiger partial charge on any atom is -0.508 e. The number of amides is 2. The van der Waals surface area contributed by atoms with Gasteiger partial charge in [0, 0.05) is 36.7 Å². The monoisotopic (exact) mass is 306 g/mol. The van der Waals surface area contributed by atoms with Gasteiger partial charge in [-0.25, -0.2) is 0 Å². The number of carbonyl (C=O) groups is 2. The van der Waals surface area contributed by atoms with Gasteiger partial charge in [0.2, 0.25) is 5.91 Å². The average molecular weight is 306 g/mol. The predicted molar refractivity (Wildman–Crippen MR) is 81.7 cm³/mol. The molecule has 0 aromatic heterocycles. The summed E-state index contributed by atoms with van der Waals surface area (Å²) >= 11 is 0. The minimum atomic E-state index is -0.222. The highest BCUT2D eigenvalue weighted by atomic mass is 16.3. The molecule has 22 heavy (non-hydrogen) atoms. The Kier molecular flexibility index (Phi) is 4.90. The maximum absolute atomic E-state index is 12.4.